The molecular weight excluding hydrogens is 95.5 g/mol. The van der Waals surface area contributed by atoms with Crippen molar-refractivity contribution in [3.63, 3.8) is 0 Å². The van der Waals surface area contributed by atoms with Crippen LogP contribution in [-0.2, 0) is 0 Å². The van der Waals surface area contributed by atoms with Crippen molar-refractivity contribution >= 4 is 11.6 Å². The number of hydrogen-bond acceptors (Lipinski definition) is 0. The number of rotatable bonds is 0. The monoisotopic (exact) mass is 100 g/mol. The zero-order valence-corrected chi connectivity index (χ0v) is 4.29. The van der Waals surface area contributed by atoms with Gasteiger partial charge in [0, 0.05) is 5.54 Å². The zero-order valence-electron chi connectivity index (χ0n) is 3.53. The molecule has 0 unspecified atom stereocenters. The van der Waals surface area contributed by atoms with Crippen LogP contribution in [0, 0.1) is 11.8 Å². The molecule has 0 aromatic carbocycles. The Balaban J connectivity index is 3.24. The predicted octanol–water partition coefficient (Wildman–Crippen LogP) is 1.76. The highest BCUT2D eigenvalue weighted by Crippen LogP contribution is 1.72. The molecule has 0 saturated carbocycles. The van der Waals surface area contributed by atoms with Gasteiger partial charge in [0.2, 0.25) is 0 Å². The quantitative estimate of drug-likeness (QED) is 0.407. The maximum Gasteiger partial charge on any atom is 0.0126 e. The summed E-state index contributed by atoms with van der Waals surface area (Å²) in [4.78, 5) is 0. The number of halogens is 1. The lowest BCUT2D eigenvalue weighted by Gasteiger charge is -1.54. The molecular formula is C5H5Cl. The normalized spacial score (nSPS) is 7.67. The Morgan fingerprint density at radius 1 is 1.67 bits per heavy atom. The SMILES string of the molecule is CC#C/C=C/Cl. The summed E-state index contributed by atoms with van der Waals surface area (Å²) < 4.78 is 0. The summed E-state index contributed by atoms with van der Waals surface area (Å²) in [6.07, 6.45) is 1.58. The van der Waals surface area contributed by atoms with E-state index in [2.05, 4.69) is 11.8 Å². The molecule has 0 amide bonds. The Kier molecular flexibility index (Phi) is 4.28. The first-order valence-corrected chi connectivity index (χ1v) is 2.03. The summed E-state index contributed by atoms with van der Waals surface area (Å²) in [5.74, 6) is 5.28. The molecule has 6 heavy (non-hydrogen) atoms. The smallest absolute Gasteiger partial charge is 0.0126 e. The van der Waals surface area contributed by atoms with E-state index in [1.165, 1.54) is 5.54 Å². The molecule has 0 N–H and O–H groups in total. The van der Waals surface area contributed by atoms with Gasteiger partial charge in [0.15, 0.2) is 0 Å². The predicted molar refractivity (Wildman–Crippen MR) is 28.4 cm³/mol. The van der Waals surface area contributed by atoms with E-state index < -0.39 is 0 Å². The second kappa shape index (κ2) is 4.59. The Bertz CT molecular complexity index is 92.2. The highest BCUT2D eigenvalue weighted by atomic mass is 35.5. The van der Waals surface area contributed by atoms with E-state index >= 15 is 0 Å². The summed E-state index contributed by atoms with van der Waals surface area (Å²) in [5, 5.41) is 0. The lowest BCUT2D eigenvalue weighted by molar-refractivity contribution is 1.91. The van der Waals surface area contributed by atoms with Crippen LogP contribution in [0.25, 0.3) is 0 Å². The van der Waals surface area contributed by atoms with Crippen LogP contribution in [0.1, 0.15) is 6.92 Å². The first-order chi connectivity index (χ1) is 2.91. The van der Waals surface area contributed by atoms with E-state index in [9.17, 15) is 0 Å². The summed E-state index contributed by atoms with van der Waals surface area (Å²) in [6, 6.07) is 0. The van der Waals surface area contributed by atoms with Crippen LogP contribution in [0.3, 0.4) is 0 Å². The second-order valence-electron chi connectivity index (χ2n) is 0.687. The van der Waals surface area contributed by atoms with Gasteiger partial charge in [-0.1, -0.05) is 17.5 Å². The van der Waals surface area contributed by atoms with Crippen LogP contribution in [0.15, 0.2) is 11.6 Å². The first-order valence-electron chi connectivity index (χ1n) is 1.59. The third-order valence-electron chi connectivity index (χ3n) is 0.291. The fourth-order valence-corrected chi connectivity index (χ4v) is 0.178. The standard InChI is InChI=1S/C5H5Cl/c1-2-3-4-5-6/h4-5H,1H3/b5-4+. The number of hydrogen-bond donors (Lipinski definition) is 0. The van der Waals surface area contributed by atoms with Crippen molar-refractivity contribution in [2.75, 3.05) is 0 Å². The Labute approximate surface area is 42.8 Å². The average Bonchev–Trinajstić information content (AvgIpc) is 1.61. The molecule has 0 saturated heterocycles. The van der Waals surface area contributed by atoms with Crippen molar-refractivity contribution in [1.29, 1.82) is 0 Å². The van der Waals surface area contributed by atoms with E-state index in [0.29, 0.717) is 0 Å². The molecule has 0 aromatic heterocycles. The molecule has 0 aliphatic heterocycles. The molecule has 1 heteroatoms. The van der Waals surface area contributed by atoms with Crippen molar-refractivity contribution in [3.05, 3.63) is 11.6 Å². The molecule has 0 radical (unpaired) electrons. The molecule has 0 aliphatic carbocycles. The minimum Gasteiger partial charge on any atom is -0.102 e. The van der Waals surface area contributed by atoms with Gasteiger partial charge in [-0.3, -0.25) is 0 Å². The van der Waals surface area contributed by atoms with Crippen molar-refractivity contribution in [1.82, 2.24) is 0 Å². The summed E-state index contributed by atoms with van der Waals surface area (Å²) in [5.41, 5.74) is 1.39. The van der Waals surface area contributed by atoms with E-state index in [1.54, 1.807) is 13.0 Å². The third kappa shape index (κ3) is 3.59. The van der Waals surface area contributed by atoms with Gasteiger partial charge in [-0.15, -0.1) is 5.92 Å². The van der Waals surface area contributed by atoms with Crippen LogP contribution < -0.4 is 0 Å². The first kappa shape index (κ1) is 5.59. The van der Waals surface area contributed by atoms with Gasteiger partial charge >= 0.3 is 0 Å². The van der Waals surface area contributed by atoms with Crippen molar-refractivity contribution in [3.8, 4) is 11.8 Å². The molecule has 0 aromatic rings. The van der Waals surface area contributed by atoms with Gasteiger partial charge in [-0.05, 0) is 13.0 Å². The Hall–Kier alpha value is -0.410. The van der Waals surface area contributed by atoms with E-state index in [0.717, 1.165) is 0 Å². The van der Waals surface area contributed by atoms with Gasteiger partial charge in [0.1, 0.15) is 0 Å². The highest BCUT2D eigenvalue weighted by molar-refractivity contribution is 6.25. The average molecular weight is 101 g/mol. The zero-order chi connectivity index (χ0) is 4.83. The van der Waals surface area contributed by atoms with Crippen molar-refractivity contribution in [2.24, 2.45) is 0 Å². The lowest BCUT2D eigenvalue weighted by atomic mass is 10.6. The molecule has 0 atom stereocenters. The number of allylic oxidation sites excluding steroid dienone is 1. The maximum absolute atomic E-state index is 5.10. The second-order valence-corrected chi connectivity index (χ2v) is 0.939. The molecule has 0 bridgehead atoms. The van der Waals surface area contributed by atoms with Crippen LogP contribution in [-0.4, -0.2) is 0 Å². The van der Waals surface area contributed by atoms with E-state index in [4.69, 9.17) is 11.6 Å². The molecule has 0 rings (SSSR count). The minimum atomic E-state index is 1.39. The van der Waals surface area contributed by atoms with E-state index in [1.807, 2.05) is 0 Å². The topological polar surface area (TPSA) is 0 Å². The molecule has 0 spiro atoms. The van der Waals surface area contributed by atoms with Gasteiger partial charge < -0.3 is 0 Å². The van der Waals surface area contributed by atoms with Crippen LogP contribution in [0.5, 0.6) is 0 Å². The molecule has 0 heterocycles. The molecule has 32 valence electrons. The van der Waals surface area contributed by atoms with E-state index in [-0.39, 0.29) is 0 Å². The van der Waals surface area contributed by atoms with Gasteiger partial charge in [0.05, 0.1) is 0 Å². The van der Waals surface area contributed by atoms with Gasteiger partial charge in [-0.2, -0.15) is 0 Å². The van der Waals surface area contributed by atoms with Crippen molar-refractivity contribution in [2.45, 2.75) is 6.92 Å². The lowest BCUT2D eigenvalue weighted by Crippen LogP contribution is -1.39. The Morgan fingerprint density at radius 3 is 2.50 bits per heavy atom. The summed E-state index contributed by atoms with van der Waals surface area (Å²) >= 11 is 5.10. The Morgan fingerprint density at radius 2 is 2.33 bits per heavy atom. The van der Waals surface area contributed by atoms with Crippen LogP contribution in [0.2, 0.25) is 0 Å². The molecule has 0 aliphatic rings. The van der Waals surface area contributed by atoms with Crippen LogP contribution >= 0.6 is 11.6 Å². The maximum atomic E-state index is 5.10. The fourth-order valence-electron chi connectivity index (χ4n) is 0.115. The molecule has 0 fully saturated rings. The third-order valence-corrected chi connectivity index (χ3v) is 0.417. The van der Waals surface area contributed by atoms with Crippen LogP contribution in [0.4, 0.5) is 0 Å². The summed E-state index contributed by atoms with van der Waals surface area (Å²) in [6.45, 7) is 1.76. The highest BCUT2D eigenvalue weighted by Gasteiger charge is 1.47. The fraction of sp³-hybridized carbons (Fsp3) is 0.200. The summed E-state index contributed by atoms with van der Waals surface area (Å²) in [7, 11) is 0. The van der Waals surface area contributed by atoms with Gasteiger partial charge in [0.25, 0.3) is 0 Å². The largest absolute Gasteiger partial charge is 0.102 e. The van der Waals surface area contributed by atoms with Crippen molar-refractivity contribution < 1.29 is 0 Å². The molecule has 0 nitrogen and oxygen atoms in total. The van der Waals surface area contributed by atoms with Gasteiger partial charge in [-0.25, -0.2) is 0 Å². The minimum absolute atomic E-state index is 1.39.